The number of rotatable bonds is 4. The number of benzene rings is 2. The number of hydrogen-bond donors (Lipinski definition) is 0. The third-order valence-electron chi connectivity index (χ3n) is 2.99. The highest BCUT2D eigenvalue weighted by Gasteiger charge is 2.13. The largest absolute Gasteiger partial charge is 0.113 e. The molecular weight excluding hydrogens is 308 g/mol. The lowest BCUT2D eigenvalue weighted by atomic mass is 10.0. The number of halogens is 2. The Morgan fingerprint density at radius 1 is 1.06 bits per heavy atom. The molecule has 2 rings (SSSR count). The molecule has 2 aromatic rings. The van der Waals surface area contributed by atoms with Crippen LogP contribution in [0.1, 0.15) is 35.4 Å². The van der Waals surface area contributed by atoms with Gasteiger partial charge in [-0.15, -0.1) is 11.6 Å². The van der Waals surface area contributed by atoms with Crippen molar-refractivity contribution in [2.24, 2.45) is 0 Å². The molecule has 0 aliphatic rings. The molecule has 2 aromatic carbocycles. The molecular formula is C16H16BrCl. The summed E-state index contributed by atoms with van der Waals surface area (Å²) in [6.07, 6.45) is 2.30. The molecule has 1 unspecified atom stereocenters. The summed E-state index contributed by atoms with van der Waals surface area (Å²) in [5.74, 6) is 0. The van der Waals surface area contributed by atoms with Crippen LogP contribution in [-0.2, 0) is 6.42 Å². The molecule has 0 spiro atoms. The number of aryl methyl sites for hydroxylation is 1. The third-order valence-corrected chi connectivity index (χ3v) is 4.20. The van der Waals surface area contributed by atoms with Crippen LogP contribution < -0.4 is 0 Å². The highest BCUT2D eigenvalue weighted by atomic mass is 79.9. The van der Waals surface area contributed by atoms with Crippen molar-refractivity contribution in [2.45, 2.75) is 25.1 Å². The van der Waals surface area contributed by atoms with Gasteiger partial charge in [0.2, 0.25) is 0 Å². The van der Waals surface area contributed by atoms with E-state index in [1.165, 1.54) is 12.0 Å². The van der Waals surface area contributed by atoms with E-state index in [-0.39, 0.29) is 5.38 Å². The molecule has 0 amide bonds. The second-order valence-corrected chi connectivity index (χ2v) is 5.67. The first-order valence-corrected chi connectivity index (χ1v) is 7.42. The molecule has 0 heterocycles. The van der Waals surface area contributed by atoms with Crippen LogP contribution in [0.4, 0.5) is 0 Å². The summed E-state index contributed by atoms with van der Waals surface area (Å²) in [6.45, 7) is 2.19. The summed E-state index contributed by atoms with van der Waals surface area (Å²) < 4.78 is 1.06. The topological polar surface area (TPSA) is 0 Å². The quantitative estimate of drug-likeness (QED) is 0.630. The van der Waals surface area contributed by atoms with Gasteiger partial charge in [-0.1, -0.05) is 71.7 Å². The summed E-state index contributed by atoms with van der Waals surface area (Å²) in [6, 6.07) is 16.7. The van der Waals surface area contributed by atoms with Gasteiger partial charge >= 0.3 is 0 Å². The SMILES string of the molecule is CCCc1ccc(C(Cl)c2ccccc2Br)cc1. The summed E-state index contributed by atoms with van der Waals surface area (Å²) in [4.78, 5) is 0. The number of hydrogen-bond acceptors (Lipinski definition) is 0. The van der Waals surface area contributed by atoms with Crippen LogP contribution >= 0.6 is 27.5 Å². The molecule has 0 fully saturated rings. The zero-order valence-corrected chi connectivity index (χ0v) is 12.7. The third kappa shape index (κ3) is 3.15. The summed E-state index contributed by atoms with van der Waals surface area (Å²) in [5, 5.41) is -0.101. The van der Waals surface area contributed by atoms with Crippen LogP contribution in [0, 0.1) is 0 Å². The summed E-state index contributed by atoms with van der Waals surface area (Å²) in [7, 11) is 0. The second kappa shape index (κ2) is 6.40. The van der Waals surface area contributed by atoms with E-state index in [4.69, 9.17) is 11.6 Å². The lowest BCUT2D eigenvalue weighted by Crippen LogP contribution is -1.95. The first-order valence-electron chi connectivity index (χ1n) is 6.19. The van der Waals surface area contributed by atoms with Crippen molar-refractivity contribution in [3.05, 3.63) is 69.7 Å². The monoisotopic (exact) mass is 322 g/mol. The van der Waals surface area contributed by atoms with E-state index < -0.39 is 0 Å². The lowest BCUT2D eigenvalue weighted by molar-refractivity contribution is 0.920. The second-order valence-electron chi connectivity index (χ2n) is 4.38. The minimum atomic E-state index is -0.101. The molecule has 0 saturated carbocycles. The van der Waals surface area contributed by atoms with E-state index >= 15 is 0 Å². The van der Waals surface area contributed by atoms with Crippen molar-refractivity contribution in [1.82, 2.24) is 0 Å². The standard InChI is InChI=1S/C16H16BrCl/c1-2-5-12-8-10-13(11-9-12)16(18)14-6-3-4-7-15(14)17/h3-4,6-11,16H,2,5H2,1H3. The van der Waals surface area contributed by atoms with Gasteiger partial charge in [-0.3, -0.25) is 0 Å². The zero-order valence-electron chi connectivity index (χ0n) is 10.4. The van der Waals surface area contributed by atoms with E-state index in [2.05, 4.69) is 53.2 Å². The number of alkyl halides is 1. The molecule has 94 valence electrons. The fraction of sp³-hybridized carbons (Fsp3) is 0.250. The Kier molecular flexibility index (Phi) is 4.85. The molecule has 0 nitrogen and oxygen atoms in total. The predicted octanol–water partition coefficient (Wildman–Crippen LogP) is 5.73. The van der Waals surface area contributed by atoms with E-state index in [9.17, 15) is 0 Å². The van der Waals surface area contributed by atoms with Crippen molar-refractivity contribution in [1.29, 1.82) is 0 Å². The normalized spacial score (nSPS) is 12.4. The fourth-order valence-corrected chi connectivity index (χ4v) is 2.98. The lowest BCUT2D eigenvalue weighted by Gasteiger charge is -2.12. The minimum Gasteiger partial charge on any atom is -0.113 e. The Balaban J connectivity index is 2.23. The van der Waals surface area contributed by atoms with Crippen LogP contribution in [0.3, 0.4) is 0 Å². The minimum absolute atomic E-state index is 0.101. The smallest absolute Gasteiger partial charge is 0.0846 e. The van der Waals surface area contributed by atoms with Crippen molar-refractivity contribution in [3.63, 3.8) is 0 Å². The fourth-order valence-electron chi connectivity index (χ4n) is 2.00. The van der Waals surface area contributed by atoms with E-state index in [0.717, 1.165) is 22.0 Å². The van der Waals surface area contributed by atoms with Crippen LogP contribution in [0.15, 0.2) is 53.0 Å². The maximum atomic E-state index is 6.54. The Labute approximate surface area is 122 Å². The van der Waals surface area contributed by atoms with Gasteiger partial charge in [-0.2, -0.15) is 0 Å². The van der Waals surface area contributed by atoms with Gasteiger partial charge in [-0.05, 0) is 29.2 Å². The van der Waals surface area contributed by atoms with E-state index in [1.54, 1.807) is 0 Å². The first kappa shape index (κ1) is 13.6. The van der Waals surface area contributed by atoms with Crippen LogP contribution in [0.25, 0.3) is 0 Å². The van der Waals surface area contributed by atoms with Crippen molar-refractivity contribution >= 4 is 27.5 Å². The average molecular weight is 324 g/mol. The Morgan fingerprint density at radius 2 is 1.72 bits per heavy atom. The molecule has 18 heavy (non-hydrogen) atoms. The molecule has 1 atom stereocenters. The maximum Gasteiger partial charge on any atom is 0.0846 e. The average Bonchev–Trinajstić information content (AvgIpc) is 2.40. The van der Waals surface area contributed by atoms with Gasteiger partial charge in [0.15, 0.2) is 0 Å². The van der Waals surface area contributed by atoms with Gasteiger partial charge < -0.3 is 0 Å². The molecule has 0 aromatic heterocycles. The first-order chi connectivity index (χ1) is 8.72. The molecule has 2 heteroatoms. The van der Waals surface area contributed by atoms with Gasteiger partial charge in [0, 0.05) is 4.47 Å². The van der Waals surface area contributed by atoms with Crippen molar-refractivity contribution < 1.29 is 0 Å². The Bertz CT molecular complexity index is 505. The Hall–Kier alpha value is -0.790. The molecule has 0 N–H and O–H groups in total. The summed E-state index contributed by atoms with van der Waals surface area (Å²) >= 11 is 10.1. The molecule has 0 aliphatic heterocycles. The zero-order chi connectivity index (χ0) is 13.0. The summed E-state index contributed by atoms with van der Waals surface area (Å²) in [5.41, 5.74) is 3.63. The van der Waals surface area contributed by atoms with Gasteiger partial charge in [0.25, 0.3) is 0 Å². The molecule has 0 aliphatic carbocycles. The molecule has 0 radical (unpaired) electrons. The molecule has 0 saturated heterocycles. The highest BCUT2D eigenvalue weighted by Crippen LogP contribution is 2.33. The van der Waals surface area contributed by atoms with Crippen molar-refractivity contribution in [2.75, 3.05) is 0 Å². The van der Waals surface area contributed by atoms with Gasteiger partial charge in [0.1, 0.15) is 0 Å². The molecule has 0 bridgehead atoms. The Morgan fingerprint density at radius 3 is 2.33 bits per heavy atom. The predicted molar refractivity (Wildman–Crippen MR) is 82.3 cm³/mol. The van der Waals surface area contributed by atoms with E-state index in [0.29, 0.717) is 0 Å². The van der Waals surface area contributed by atoms with Crippen LogP contribution in [-0.4, -0.2) is 0 Å². The van der Waals surface area contributed by atoms with Crippen LogP contribution in [0.2, 0.25) is 0 Å². The van der Waals surface area contributed by atoms with Crippen LogP contribution in [0.5, 0.6) is 0 Å². The van der Waals surface area contributed by atoms with Gasteiger partial charge in [0.05, 0.1) is 5.38 Å². The highest BCUT2D eigenvalue weighted by molar-refractivity contribution is 9.10. The van der Waals surface area contributed by atoms with Crippen molar-refractivity contribution in [3.8, 4) is 0 Å². The van der Waals surface area contributed by atoms with E-state index in [1.807, 2.05) is 18.2 Å². The van der Waals surface area contributed by atoms with Gasteiger partial charge in [-0.25, -0.2) is 0 Å². The maximum absolute atomic E-state index is 6.54.